The lowest BCUT2D eigenvalue weighted by atomic mass is 10.6. The molecule has 52 valence electrons. The summed E-state index contributed by atoms with van der Waals surface area (Å²) in [6.07, 6.45) is 0.232. The molecule has 0 fully saturated rings. The number of ether oxygens (including phenoxy) is 1. The number of rotatable bonds is 4. The smallest absolute Gasteiger partial charge is 0.284 e. The molecule has 4 nitrogen and oxygen atoms in total. The van der Waals surface area contributed by atoms with Crippen LogP contribution in [0.1, 0.15) is 0 Å². The quantitative estimate of drug-likeness (QED) is 0.301. The molecule has 0 bridgehead atoms. The minimum Gasteiger partial charge on any atom is -0.383 e. The van der Waals surface area contributed by atoms with E-state index in [0.717, 1.165) is 0 Å². The van der Waals surface area contributed by atoms with Crippen LogP contribution in [0.2, 0.25) is 0 Å². The molecule has 4 heteroatoms. The van der Waals surface area contributed by atoms with Gasteiger partial charge >= 0.3 is 0 Å². The van der Waals surface area contributed by atoms with Gasteiger partial charge in [0.2, 0.25) is 6.29 Å². The Morgan fingerprint density at radius 3 is 2.89 bits per heavy atom. The van der Waals surface area contributed by atoms with E-state index >= 15 is 0 Å². The van der Waals surface area contributed by atoms with Crippen LogP contribution >= 0.6 is 0 Å². The van der Waals surface area contributed by atoms with Gasteiger partial charge in [0.1, 0.15) is 0 Å². The molecule has 0 atom stereocenters. The number of carbonyl (C=O) groups excluding carboxylic acids is 2. The largest absolute Gasteiger partial charge is 0.383 e. The van der Waals surface area contributed by atoms with Crippen molar-refractivity contribution in [3.05, 3.63) is 0 Å². The zero-order chi connectivity index (χ0) is 7.11. The number of amides is 1. The molecule has 0 saturated heterocycles. The molecule has 9 heavy (non-hydrogen) atoms. The van der Waals surface area contributed by atoms with Gasteiger partial charge in [-0.15, -0.1) is 0 Å². The van der Waals surface area contributed by atoms with Gasteiger partial charge in [-0.3, -0.25) is 9.59 Å². The fraction of sp³-hybridized carbons (Fsp3) is 0.600. The Morgan fingerprint density at radius 1 is 1.78 bits per heavy atom. The van der Waals surface area contributed by atoms with Crippen LogP contribution in [0.15, 0.2) is 0 Å². The van der Waals surface area contributed by atoms with E-state index in [1.165, 1.54) is 7.11 Å². The Kier molecular flexibility index (Phi) is 4.72. The summed E-state index contributed by atoms with van der Waals surface area (Å²) < 4.78 is 4.61. The van der Waals surface area contributed by atoms with Crippen molar-refractivity contribution >= 4 is 12.2 Å². The Bertz CT molecular complexity index is 102. The van der Waals surface area contributed by atoms with Crippen molar-refractivity contribution in [3.63, 3.8) is 0 Å². The molecule has 0 aliphatic rings. The van der Waals surface area contributed by atoms with Gasteiger partial charge in [-0.2, -0.15) is 0 Å². The highest BCUT2D eigenvalue weighted by atomic mass is 16.5. The first-order valence-corrected chi connectivity index (χ1v) is 2.53. The van der Waals surface area contributed by atoms with Crippen molar-refractivity contribution in [1.29, 1.82) is 0 Å². The molecular weight excluding hydrogens is 122 g/mol. The number of methoxy groups -OCH3 is 1. The van der Waals surface area contributed by atoms with Crippen LogP contribution in [0.5, 0.6) is 0 Å². The van der Waals surface area contributed by atoms with Crippen molar-refractivity contribution in [2.75, 3.05) is 20.3 Å². The minimum atomic E-state index is -0.605. The zero-order valence-electron chi connectivity index (χ0n) is 5.22. The van der Waals surface area contributed by atoms with Crippen LogP contribution in [0.3, 0.4) is 0 Å². The summed E-state index contributed by atoms with van der Waals surface area (Å²) >= 11 is 0. The molecular formula is C5H9NO3. The average Bonchev–Trinajstić information content (AvgIpc) is 1.89. The van der Waals surface area contributed by atoms with E-state index in [0.29, 0.717) is 13.2 Å². The summed E-state index contributed by atoms with van der Waals surface area (Å²) in [4.78, 5) is 19.8. The fourth-order valence-corrected chi connectivity index (χ4v) is 0.318. The number of carbonyl (C=O) groups is 2. The lowest BCUT2D eigenvalue weighted by Crippen LogP contribution is -2.27. The van der Waals surface area contributed by atoms with Crippen LogP contribution in [0.25, 0.3) is 0 Å². The van der Waals surface area contributed by atoms with Gasteiger partial charge in [0.05, 0.1) is 6.61 Å². The van der Waals surface area contributed by atoms with Crippen molar-refractivity contribution in [3.8, 4) is 0 Å². The maximum atomic E-state index is 10.2. The van der Waals surface area contributed by atoms with Gasteiger partial charge in [0.15, 0.2) is 0 Å². The first-order chi connectivity index (χ1) is 4.31. The Morgan fingerprint density at radius 2 is 2.44 bits per heavy atom. The highest BCUT2D eigenvalue weighted by Gasteiger charge is 1.92. The molecule has 0 aromatic carbocycles. The summed E-state index contributed by atoms with van der Waals surface area (Å²) in [5.74, 6) is -0.605. The topological polar surface area (TPSA) is 55.4 Å². The standard InChI is InChI=1S/C5H9NO3/c1-9-3-2-6-5(8)4-7/h4H,2-3H2,1H3,(H,6,8). The highest BCUT2D eigenvalue weighted by molar-refractivity contribution is 6.23. The predicted octanol–water partition coefficient (Wildman–Crippen LogP) is -1.05. The van der Waals surface area contributed by atoms with Crippen LogP contribution in [0.4, 0.5) is 0 Å². The third-order valence-corrected chi connectivity index (χ3v) is 0.712. The Balaban J connectivity index is 3.07. The highest BCUT2D eigenvalue weighted by Crippen LogP contribution is 1.62. The van der Waals surface area contributed by atoms with Crippen LogP contribution in [0, 0.1) is 0 Å². The third kappa shape index (κ3) is 4.96. The van der Waals surface area contributed by atoms with Crippen LogP contribution in [-0.4, -0.2) is 32.5 Å². The second-order valence-electron chi connectivity index (χ2n) is 1.40. The number of hydrogen-bond acceptors (Lipinski definition) is 3. The summed E-state index contributed by atoms with van der Waals surface area (Å²) in [5, 5.41) is 2.30. The first-order valence-electron chi connectivity index (χ1n) is 2.53. The minimum absolute atomic E-state index is 0.232. The molecule has 0 aliphatic carbocycles. The lowest BCUT2D eigenvalue weighted by Gasteiger charge is -1.96. The van der Waals surface area contributed by atoms with Crippen molar-refractivity contribution in [2.24, 2.45) is 0 Å². The van der Waals surface area contributed by atoms with E-state index in [2.05, 4.69) is 10.1 Å². The number of aldehydes is 1. The SMILES string of the molecule is COCCNC(=O)C=O. The molecule has 0 saturated carbocycles. The maximum Gasteiger partial charge on any atom is 0.284 e. The molecule has 0 aromatic heterocycles. The average molecular weight is 131 g/mol. The summed E-state index contributed by atoms with van der Waals surface area (Å²) in [7, 11) is 1.52. The van der Waals surface area contributed by atoms with E-state index in [-0.39, 0.29) is 6.29 Å². The second kappa shape index (κ2) is 5.24. The van der Waals surface area contributed by atoms with E-state index in [1.54, 1.807) is 0 Å². The molecule has 0 aromatic rings. The molecule has 0 spiro atoms. The van der Waals surface area contributed by atoms with Crippen molar-refractivity contribution in [1.82, 2.24) is 5.32 Å². The maximum absolute atomic E-state index is 10.2. The zero-order valence-corrected chi connectivity index (χ0v) is 5.22. The monoisotopic (exact) mass is 131 g/mol. The molecule has 0 radical (unpaired) electrons. The van der Waals surface area contributed by atoms with E-state index in [4.69, 9.17) is 0 Å². The van der Waals surface area contributed by atoms with Crippen molar-refractivity contribution < 1.29 is 14.3 Å². The van der Waals surface area contributed by atoms with E-state index in [9.17, 15) is 9.59 Å². The van der Waals surface area contributed by atoms with Crippen molar-refractivity contribution in [2.45, 2.75) is 0 Å². The number of nitrogens with one attached hydrogen (secondary N) is 1. The van der Waals surface area contributed by atoms with Gasteiger partial charge in [0, 0.05) is 13.7 Å². The molecule has 0 rings (SSSR count). The first kappa shape index (κ1) is 8.10. The normalized spacial score (nSPS) is 8.56. The second-order valence-corrected chi connectivity index (χ2v) is 1.40. The molecule has 1 N–H and O–H groups in total. The fourth-order valence-electron chi connectivity index (χ4n) is 0.318. The summed E-state index contributed by atoms with van der Waals surface area (Å²) in [5.41, 5.74) is 0. The van der Waals surface area contributed by atoms with E-state index < -0.39 is 5.91 Å². The summed E-state index contributed by atoms with van der Waals surface area (Å²) in [6, 6.07) is 0. The van der Waals surface area contributed by atoms with Gasteiger partial charge < -0.3 is 10.1 Å². The molecule has 0 unspecified atom stereocenters. The van der Waals surface area contributed by atoms with Gasteiger partial charge in [-0.05, 0) is 0 Å². The lowest BCUT2D eigenvalue weighted by molar-refractivity contribution is -0.131. The third-order valence-electron chi connectivity index (χ3n) is 0.712. The number of hydrogen-bond donors (Lipinski definition) is 1. The predicted molar refractivity (Wildman–Crippen MR) is 30.9 cm³/mol. The molecule has 1 amide bonds. The van der Waals surface area contributed by atoms with Gasteiger partial charge in [-0.25, -0.2) is 0 Å². The Hall–Kier alpha value is -0.900. The molecule has 0 aliphatic heterocycles. The molecule has 0 heterocycles. The van der Waals surface area contributed by atoms with Crippen LogP contribution in [-0.2, 0) is 14.3 Å². The van der Waals surface area contributed by atoms with Crippen LogP contribution < -0.4 is 5.32 Å². The van der Waals surface area contributed by atoms with Gasteiger partial charge in [-0.1, -0.05) is 0 Å². The van der Waals surface area contributed by atoms with E-state index in [1.807, 2.05) is 0 Å². The summed E-state index contributed by atoms with van der Waals surface area (Å²) in [6.45, 7) is 0.813. The Labute approximate surface area is 53.2 Å². The van der Waals surface area contributed by atoms with Gasteiger partial charge in [0.25, 0.3) is 5.91 Å².